The molecule has 1 aliphatic rings. The second-order valence-corrected chi connectivity index (χ2v) is 10.7. The smallest absolute Gasteiger partial charge is 0.293 e. The summed E-state index contributed by atoms with van der Waals surface area (Å²) in [5, 5.41) is 7.10. The first-order chi connectivity index (χ1) is 19.3. The fourth-order valence-corrected chi connectivity index (χ4v) is 5.39. The van der Waals surface area contributed by atoms with Crippen LogP contribution in [0.4, 0.5) is 11.4 Å². The van der Waals surface area contributed by atoms with Crippen molar-refractivity contribution in [3.8, 4) is 11.3 Å². The number of rotatable bonds is 5. The highest BCUT2D eigenvalue weighted by molar-refractivity contribution is 7.80. The van der Waals surface area contributed by atoms with Crippen LogP contribution in [0.25, 0.3) is 11.3 Å². The molecular formula is C29H23Cl3N4O3S. The molecule has 0 atom stereocenters. The number of hydrogen-bond acceptors (Lipinski definition) is 5. The standard InChI is InChI=1S/C29H23Cl3N4O3S/c30-19-6-8-21(22(31)16-19)25-10-11-26(39-25)27(37)34-29(40)33-20-7-9-24(23(32)17-20)35-12-14-36(15-13-35)28(38)18-4-2-1-3-5-18/h1-11,16-17H,12-15H2,(H2,33,34,37,40). The van der Waals surface area contributed by atoms with Crippen molar-refractivity contribution in [3.05, 3.63) is 105 Å². The average Bonchev–Trinajstić information content (AvgIpc) is 3.44. The first-order valence-corrected chi connectivity index (χ1v) is 13.9. The minimum atomic E-state index is -0.514. The van der Waals surface area contributed by atoms with Crippen molar-refractivity contribution in [1.29, 1.82) is 0 Å². The monoisotopic (exact) mass is 612 g/mol. The molecule has 1 aromatic heterocycles. The van der Waals surface area contributed by atoms with Gasteiger partial charge in [0.05, 0.1) is 15.7 Å². The number of hydrogen-bond donors (Lipinski definition) is 2. The zero-order valence-corrected chi connectivity index (χ0v) is 24.1. The largest absolute Gasteiger partial charge is 0.451 e. The van der Waals surface area contributed by atoms with Crippen LogP contribution in [0.1, 0.15) is 20.9 Å². The predicted octanol–water partition coefficient (Wildman–Crippen LogP) is 7.00. The maximum absolute atomic E-state index is 12.7. The molecule has 2 heterocycles. The van der Waals surface area contributed by atoms with Crippen LogP contribution in [0, 0.1) is 0 Å². The highest BCUT2D eigenvalue weighted by Gasteiger charge is 2.23. The topological polar surface area (TPSA) is 77.8 Å². The van der Waals surface area contributed by atoms with Crippen LogP contribution in [0.5, 0.6) is 0 Å². The van der Waals surface area contributed by atoms with Crippen molar-refractivity contribution in [3.63, 3.8) is 0 Å². The lowest BCUT2D eigenvalue weighted by Gasteiger charge is -2.36. The van der Waals surface area contributed by atoms with Crippen molar-refractivity contribution < 1.29 is 14.0 Å². The number of thiocarbonyl (C=S) groups is 1. The molecule has 2 amide bonds. The summed E-state index contributed by atoms with van der Waals surface area (Å²) in [7, 11) is 0. The van der Waals surface area contributed by atoms with Crippen molar-refractivity contribution in [2.75, 3.05) is 36.4 Å². The van der Waals surface area contributed by atoms with E-state index in [9.17, 15) is 9.59 Å². The number of nitrogens with zero attached hydrogens (tertiary/aromatic N) is 2. The van der Waals surface area contributed by atoms with Gasteiger partial charge in [-0.1, -0.05) is 53.0 Å². The summed E-state index contributed by atoms with van der Waals surface area (Å²) in [6.07, 6.45) is 0. The van der Waals surface area contributed by atoms with Crippen LogP contribution < -0.4 is 15.5 Å². The van der Waals surface area contributed by atoms with Crippen LogP contribution in [0.3, 0.4) is 0 Å². The Kier molecular flexibility index (Phi) is 8.61. The SMILES string of the molecule is O=C(NC(=S)Nc1ccc(N2CCN(C(=O)c3ccccc3)CC2)c(Cl)c1)c1ccc(-c2ccc(Cl)cc2Cl)o1. The Morgan fingerprint density at radius 1 is 0.825 bits per heavy atom. The lowest BCUT2D eigenvalue weighted by Crippen LogP contribution is -2.48. The van der Waals surface area contributed by atoms with Crippen LogP contribution in [0.15, 0.2) is 83.3 Å². The molecule has 0 unspecified atom stereocenters. The zero-order chi connectivity index (χ0) is 28.2. The molecule has 4 aromatic rings. The van der Waals surface area contributed by atoms with Gasteiger partial charge in [0, 0.05) is 48.0 Å². The molecule has 0 saturated carbocycles. The zero-order valence-electron chi connectivity index (χ0n) is 21.0. The third kappa shape index (κ3) is 6.42. The first-order valence-electron chi connectivity index (χ1n) is 12.3. The molecule has 1 saturated heterocycles. The normalized spacial score (nSPS) is 13.2. The second kappa shape index (κ2) is 12.3. The van der Waals surface area contributed by atoms with Gasteiger partial charge in [0.15, 0.2) is 10.9 Å². The van der Waals surface area contributed by atoms with Crippen molar-refractivity contribution in [1.82, 2.24) is 10.2 Å². The summed E-state index contributed by atoms with van der Waals surface area (Å²) in [6, 6.07) is 22.9. The molecule has 40 heavy (non-hydrogen) atoms. The van der Waals surface area contributed by atoms with Crippen molar-refractivity contribution in [2.24, 2.45) is 0 Å². The molecule has 0 bridgehead atoms. The number of piperazine rings is 1. The van der Waals surface area contributed by atoms with Gasteiger partial charge < -0.3 is 19.5 Å². The molecule has 5 rings (SSSR count). The molecule has 1 fully saturated rings. The summed E-state index contributed by atoms with van der Waals surface area (Å²) >= 11 is 24.1. The molecule has 1 aliphatic heterocycles. The second-order valence-electron chi connectivity index (χ2n) is 9.01. The van der Waals surface area contributed by atoms with Crippen LogP contribution in [-0.4, -0.2) is 48.0 Å². The number of nitrogens with one attached hydrogen (secondary N) is 2. The molecule has 2 N–H and O–H groups in total. The molecule has 0 spiro atoms. The average molecular weight is 614 g/mol. The third-order valence-corrected chi connectivity index (χ3v) is 7.44. The number of amides is 2. The molecule has 11 heteroatoms. The first kappa shape index (κ1) is 28.0. The minimum absolute atomic E-state index is 0.0287. The lowest BCUT2D eigenvalue weighted by atomic mass is 10.1. The Hall–Kier alpha value is -3.56. The Labute approximate surface area is 251 Å². The van der Waals surface area contributed by atoms with E-state index in [1.54, 1.807) is 30.3 Å². The summed E-state index contributed by atoms with van der Waals surface area (Å²) in [4.78, 5) is 29.4. The summed E-state index contributed by atoms with van der Waals surface area (Å²) in [5.74, 6) is 0.0160. The highest BCUT2D eigenvalue weighted by Crippen LogP contribution is 2.32. The molecule has 3 aromatic carbocycles. The number of halogens is 3. The van der Waals surface area contributed by atoms with Gasteiger partial charge in [-0.05, 0) is 72.9 Å². The molecule has 0 radical (unpaired) electrons. The Morgan fingerprint density at radius 2 is 1.57 bits per heavy atom. The summed E-state index contributed by atoms with van der Waals surface area (Å²) in [6.45, 7) is 2.51. The molecular weight excluding hydrogens is 591 g/mol. The van der Waals surface area contributed by atoms with Gasteiger partial charge in [-0.3, -0.25) is 14.9 Å². The van der Waals surface area contributed by atoms with E-state index in [2.05, 4.69) is 15.5 Å². The third-order valence-electron chi connectivity index (χ3n) is 6.39. The Balaban J connectivity index is 1.16. The summed E-state index contributed by atoms with van der Waals surface area (Å²) < 4.78 is 5.67. The van der Waals surface area contributed by atoms with E-state index < -0.39 is 5.91 Å². The van der Waals surface area contributed by atoms with E-state index in [1.807, 2.05) is 47.4 Å². The van der Waals surface area contributed by atoms with Crippen molar-refractivity contribution in [2.45, 2.75) is 0 Å². The Morgan fingerprint density at radius 3 is 2.27 bits per heavy atom. The quantitative estimate of drug-likeness (QED) is 0.236. The van der Waals surface area contributed by atoms with E-state index in [4.69, 9.17) is 51.4 Å². The van der Waals surface area contributed by atoms with Gasteiger partial charge in [-0.25, -0.2) is 0 Å². The maximum Gasteiger partial charge on any atom is 0.293 e. The number of furan rings is 1. The van der Waals surface area contributed by atoms with Crippen LogP contribution in [0.2, 0.25) is 15.1 Å². The lowest BCUT2D eigenvalue weighted by molar-refractivity contribution is 0.0746. The Bertz CT molecular complexity index is 1570. The van der Waals surface area contributed by atoms with E-state index in [-0.39, 0.29) is 16.8 Å². The van der Waals surface area contributed by atoms with Gasteiger partial charge in [-0.2, -0.15) is 0 Å². The summed E-state index contributed by atoms with van der Waals surface area (Å²) in [5.41, 5.74) is 2.78. The number of anilines is 2. The number of carbonyl (C=O) groups excluding carboxylic acids is 2. The fourth-order valence-electron chi connectivity index (χ4n) is 4.38. The van der Waals surface area contributed by atoms with Gasteiger partial charge in [0.1, 0.15) is 5.76 Å². The van der Waals surface area contributed by atoms with E-state index in [1.165, 1.54) is 6.07 Å². The van der Waals surface area contributed by atoms with Gasteiger partial charge in [0.25, 0.3) is 11.8 Å². The van der Waals surface area contributed by atoms with Crippen LogP contribution in [-0.2, 0) is 0 Å². The van der Waals surface area contributed by atoms with E-state index in [0.717, 1.165) is 5.69 Å². The van der Waals surface area contributed by atoms with Crippen LogP contribution >= 0.6 is 47.0 Å². The molecule has 7 nitrogen and oxygen atoms in total. The van der Waals surface area contributed by atoms with Gasteiger partial charge in [0.2, 0.25) is 0 Å². The minimum Gasteiger partial charge on any atom is -0.451 e. The maximum atomic E-state index is 12.7. The molecule has 0 aliphatic carbocycles. The van der Waals surface area contributed by atoms with Crippen molar-refractivity contribution >= 4 is 75.3 Å². The van der Waals surface area contributed by atoms with E-state index in [0.29, 0.717) is 63.8 Å². The molecule has 204 valence electrons. The van der Waals surface area contributed by atoms with Gasteiger partial charge >= 0.3 is 0 Å². The number of benzene rings is 3. The van der Waals surface area contributed by atoms with E-state index >= 15 is 0 Å². The highest BCUT2D eigenvalue weighted by atomic mass is 35.5. The predicted molar refractivity (Wildman–Crippen MR) is 164 cm³/mol. The van der Waals surface area contributed by atoms with Gasteiger partial charge in [-0.15, -0.1) is 0 Å². The number of carbonyl (C=O) groups is 2. The fraction of sp³-hybridized carbons (Fsp3) is 0.138.